The van der Waals surface area contributed by atoms with E-state index < -0.39 is 0 Å². The summed E-state index contributed by atoms with van der Waals surface area (Å²) >= 11 is 0. The van der Waals surface area contributed by atoms with E-state index in [2.05, 4.69) is 17.1 Å². The number of carbonyl (C=O) groups is 1. The molecule has 1 N–H and O–H groups in total. The lowest BCUT2D eigenvalue weighted by molar-refractivity contribution is 0.0937. The normalized spacial score (nSPS) is 18.3. The number of nitrogens with one attached hydrogen (secondary N) is 1. The van der Waals surface area contributed by atoms with Crippen LogP contribution in [-0.2, 0) is 0 Å². The fraction of sp³-hybridized carbons (Fsp3) is 0.588. The van der Waals surface area contributed by atoms with Gasteiger partial charge in [0.05, 0.1) is 19.8 Å². The van der Waals surface area contributed by atoms with E-state index in [1.54, 1.807) is 14.2 Å². The van der Waals surface area contributed by atoms with Crippen LogP contribution in [0.5, 0.6) is 11.5 Å². The highest BCUT2D eigenvalue weighted by Crippen LogP contribution is 2.32. The van der Waals surface area contributed by atoms with Gasteiger partial charge in [-0.1, -0.05) is 6.92 Å². The van der Waals surface area contributed by atoms with Crippen molar-refractivity contribution < 1.29 is 14.3 Å². The fourth-order valence-electron chi connectivity index (χ4n) is 3.12. The average Bonchev–Trinajstić information content (AvgIpc) is 2.99. The second kappa shape index (κ2) is 7.49. The van der Waals surface area contributed by atoms with Crippen molar-refractivity contribution >= 4 is 5.91 Å². The molecular formula is C17H26N2O3. The minimum atomic E-state index is -0.109. The van der Waals surface area contributed by atoms with Crippen LogP contribution < -0.4 is 14.8 Å². The van der Waals surface area contributed by atoms with Crippen molar-refractivity contribution in [3.63, 3.8) is 0 Å². The third-order valence-electron chi connectivity index (χ3n) is 4.27. The first kappa shape index (κ1) is 16.6. The Balaban J connectivity index is 2.10. The Morgan fingerprint density at radius 3 is 2.77 bits per heavy atom. The van der Waals surface area contributed by atoms with Crippen LogP contribution in [0.25, 0.3) is 0 Å². The van der Waals surface area contributed by atoms with Gasteiger partial charge < -0.3 is 14.8 Å². The number of aryl methyl sites for hydroxylation is 1. The molecule has 1 aromatic rings. The molecule has 1 aromatic carbocycles. The van der Waals surface area contributed by atoms with Crippen molar-refractivity contribution in [1.29, 1.82) is 0 Å². The molecule has 1 atom stereocenters. The Morgan fingerprint density at radius 2 is 2.14 bits per heavy atom. The number of carbonyl (C=O) groups excluding carboxylic acids is 1. The van der Waals surface area contributed by atoms with Crippen LogP contribution in [0, 0.1) is 6.92 Å². The summed E-state index contributed by atoms with van der Waals surface area (Å²) in [6.45, 7) is 6.93. The van der Waals surface area contributed by atoms with Crippen molar-refractivity contribution in [2.45, 2.75) is 32.7 Å². The number of likely N-dealkylation sites (tertiary alicyclic amines) is 1. The highest BCUT2D eigenvalue weighted by atomic mass is 16.5. The first-order chi connectivity index (χ1) is 10.6. The van der Waals surface area contributed by atoms with Crippen LogP contribution >= 0.6 is 0 Å². The third-order valence-corrected chi connectivity index (χ3v) is 4.27. The van der Waals surface area contributed by atoms with Crippen molar-refractivity contribution in [1.82, 2.24) is 10.2 Å². The van der Waals surface area contributed by atoms with E-state index in [1.165, 1.54) is 6.42 Å². The molecule has 1 fully saturated rings. The summed E-state index contributed by atoms with van der Waals surface area (Å²) in [4.78, 5) is 14.9. The molecule has 0 saturated carbocycles. The third kappa shape index (κ3) is 3.53. The van der Waals surface area contributed by atoms with Crippen molar-refractivity contribution in [2.75, 3.05) is 33.9 Å². The second-order valence-corrected chi connectivity index (χ2v) is 5.68. The van der Waals surface area contributed by atoms with Gasteiger partial charge in [-0.3, -0.25) is 9.69 Å². The zero-order valence-corrected chi connectivity index (χ0v) is 13.9. The topological polar surface area (TPSA) is 50.8 Å². The predicted molar refractivity (Wildman–Crippen MR) is 86.9 cm³/mol. The molecule has 1 saturated heterocycles. The molecule has 1 unspecified atom stereocenters. The number of hydrogen-bond acceptors (Lipinski definition) is 4. The van der Waals surface area contributed by atoms with E-state index in [0.717, 1.165) is 25.1 Å². The smallest absolute Gasteiger partial charge is 0.255 e. The largest absolute Gasteiger partial charge is 0.493 e. The molecule has 0 bridgehead atoms. The molecule has 5 heteroatoms. The first-order valence-electron chi connectivity index (χ1n) is 7.85. The van der Waals surface area contributed by atoms with Gasteiger partial charge in [0, 0.05) is 12.6 Å². The minimum Gasteiger partial charge on any atom is -0.493 e. The van der Waals surface area contributed by atoms with Crippen LogP contribution in [0.15, 0.2) is 12.1 Å². The number of hydrogen-bond donors (Lipinski definition) is 1. The Bertz CT molecular complexity index is 531. The molecular weight excluding hydrogens is 280 g/mol. The van der Waals surface area contributed by atoms with E-state index in [0.29, 0.717) is 29.6 Å². The van der Waals surface area contributed by atoms with Crippen LogP contribution in [-0.4, -0.2) is 50.7 Å². The number of benzene rings is 1. The zero-order chi connectivity index (χ0) is 16.1. The predicted octanol–water partition coefficient (Wildman–Crippen LogP) is 2.23. The Hall–Kier alpha value is -1.75. The van der Waals surface area contributed by atoms with E-state index in [4.69, 9.17) is 9.47 Å². The second-order valence-electron chi connectivity index (χ2n) is 5.68. The SMILES string of the molecule is CCN1CCCC1CNC(=O)c1cc(C)cc(OC)c1OC. The Kier molecular flexibility index (Phi) is 5.66. The average molecular weight is 306 g/mol. The first-order valence-corrected chi connectivity index (χ1v) is 7.85. The molecule has 2 rings (SSSR count). The summed E-state index contributed by atoms with van der Waals surface area (Å²) in [6.07, 6.45) is 2.35. The van der Waals surface area contributed by atoms with E-state index in [9.17, 15) is 4.79 Å². The van der Waals surface area contributed by atoms with Crippen molar-refractivity contribution in [2.24, 2.45) is 0 Å². The van der Waals surface area contributed by atoms with Crippen LogP contribution in [0.3, 0.4) is 0 Å². The monoisotopic (exact) mass is 306 g/mol. The molecule has 0 aromatic heterocycles. The summed E-state index contributed by atoms with van der Waals surface area (Å²) in [5, 5.41) is 3.04. The number of rotatable bonds is 6. The lowest BCUT2D eigenvalue weighted by atomic mass is 10.1. The summed E-state index contributed by atoms with van der Waals surface area (Å²) in [5.74, 6) is 0.967. The fourth-order valence-corrected chi connectivity index (χ4v) is 3.12. The van der Waals surface area contributed by atoms with E-state index in [1.807, 2.05) is 19.1 Å². The molecule has 1 aliphatic rings. The van der Waals surface area contributed by atoms with Crippen molar-refractivity contribution in [3.8, 4) is 11.5 Å². The molecule has 1 heterocycles. The maximum Gasteiger partial charge on any atom is 0.255 e. The molecule has 122 valence electrons. The van der Waals surface area contributed by atoms with Gasteiger partial charge >= 0.3 is 0 Å². The molecule has 5 nitrogen and oxygen atoms in total. The van der Waals surface area contributed by atoms with Crippen LogP contribution in [0.1, 0.15) is 35.7 Å². The lowest BCUT2D eigenvalue weighted by Crippen LogP contribution is -2.40. The molecule has 22 heavy (non-hydrogen) atoms. The number of likely N-dealkylation sites (N-methyl/N-ethyl adjacent to an activating group) is 1. The Labute approximate surface area is 132 Å². The van der Waals surface area contributed by atoms with Crippen LogP contribution in [0.2, 0.25) is 0 Å². The molecule has 0 spiro atoms. The van der Waals surface area contributed by atoms with E-state index >= 15 is 0 Å². The van der Waals surface area contributed by atoms with Gasteiger partial charge in [-0.05, 0) is 50.6 Å². The van der Waals surface area contributed by atoms with Gasteiger partial charge in [-0.2, -0.15) is 0 Å². The van der Waals surface area contributed by atoms with Crippen molar-refractivity contribution in [3.05, 3.63) is 23.3 Å². The van der Waals surface area contributed by atoms with Gasteiger partial charge in [-0.15, -0.1) is 0 Å². The lowest BCUT2D eigenvalue weighted by Gasteiger charge is -2.23. The van der Waals surface area contributed by atoms with Gasteiger partial charge in [0.2, 0.25) is 0 Å². The van der Waals surface area contributed by atoms with Gasteiger partial charge in [-0.25, -0.2) is 0 Å². The number of nitrogens with zero attached hydrogens (tertiary/aromatic N) is 1. The summed E-state index contributed by atoms with van der Waals surface area (Å²) in [5.41, 5.74) is 1.50. The number of methoxy groups -OCH3 is 2. The molecule has 0 aliphatic carbocycles. The maximum absolute atomic E-state index is 12.5. The van der Waals surface area contributed by atoms with Gasteiger partial charge in [0.25, 0.3) is 5.91 Å². The summed E-state index contributed by atoms with van der Waals surface area (Å²) in [7, 11) is 3.14. The molecule has 1 amide bonds. The molecule has 0 radical (unpaired) electrons. The van der Waals surface area contributed by atoms with E-state index in [-0.39, 0.29) is 5.91 Å². The van der Waals surface area contributed by atoms with Crippen LogP contribution in [0.4, 0.5) is 0 Å². The quantitative estimate of drug-likeness (QED) is 0.875. The molecule has 1 aliphatic heterocycles. The highest BCUT2D eigenvalue weighted by molar-refractivity contribution is 5.98. The minimum absolute atomic E-state index is 0.109. The summed E-state index contributed by atoms with van der Waals surface area (Å²) < 4.78 is 10.7. The number of ether oxygens (including phenoxy) is 2. The standard InChI is InChI=1S/C17H26N2O3/c1-5-19-8-6-7-13(19)11-18-17(20)14-9-12(2)10-15(21-3)16(14)22-4/h9-10,13H,5-8,11H2,1-4H3,(H,18,20). The van der Waals surface area contributed by atoms with Gasteiger partial charge in [0.15, 0.2) is 11.5 Å². The zero-order valence-electron chi connectivity index (χ0n) is 13.9. The van der Waals surface area contributed by atoms with Gasteiger partial charge in [0.1, 0.15) is 0 Å². The number of amides is 1. The Morgan fingerprint density at radius 1 is 1.36 bits per heavy atom. The maximum atomic E-state index is 12.5. The highest BCUT2D eigenvalue weighted by Gasteiger charge is 2.24. The summed E-state index contributed by atoms with van der Waals surface area (Å²) in [6, 6.07) is 4.14.